The van der Waals surface area contributed by atoms with Crippen LogP contribution in [0.15, 0.2) is 53.5 Å². The summed E-state index contributed by atoms with van der Waals surface area (Å²) in [5.74, 6) is 1.35. The number of ketones is 1. The van der Waals surface area contributed by atoms with Crippen LogP contribution in [0.25, 0.3) is 10.9 Å². The average Bonchev–Trinajstić information content (AvgIpc) is 3.03. The van der Waals surface area contributed by atoms with Crippen LogP contribution >= 0.6 is 0 Å². The summed E-state index contributed by atoms with van der Waals surface area (Å²) < 4.78 is 5.23. The van der Waals surface area contributed by atoms with Crippen LogP contribution in [0.3, 0.4) is 0 Å². The molecule has 144 valence electrons. The largest absolute Gasteiger partial charge is 0.497 e. The minimum Gasteiger partial charge on any atom is -0.497 e. The molecule has 1 N–H and O–H groups in total. The van der Waals surface area contributed by atoms with E-state index in [9.17, 15) is 4.79 Å². The molecular weight excluding hydrogens is 348 g/mol. The Balaban J connectivity index is 1.46. The summed E-state index contributed by atoms with van der Waals surface area (Å²) in [5, 5.41) is 1.27. The number of nitrogens with one attached hydrogen (secondary N) is 1. The second-order valence-corrected chi connectivity index (χ2v) is 7.57. The quantitative estimate of drug-likeness (QED) is 0.683. The minimum atomic E-state index is 0.223. The van der Waals surface area contributed by atoms with E-state index in [0.717, 1.165) is 30.8 Å². The van der Waals surface area contributed by atoms with Crippen molar-refractivity contribution < 1.29 is 9.53 Å². The van der Waals surface area contributed by atoms with Crippen LogP contribution in [0.2, 0.25) is 0 Å². The molecule has 28 heavy (non-hydrogen) atoms. The Morgan fingerprint density at radius 1 is 1.11 bits per heavy atom. The highest BCUT2D eigenvalue weighted by Crippen LogP contribution is 2.31. The predicted octanol–water partition coefficient (Wildman–Crippen LogP) is 5.01. The van der Waals surface area contributed by atoms with Gasteiger partial charge < -0.3 is 9.72 Å². The normalized spacial score (nSPS) is 18.7. The standard InChI is InChI=1S/C24H26N2O2/c1-16-22(23-5-3-4-6-24(23)26-16)11-12-25-19-13-18(14-20(27)15-19)17-7-9-21(28-2)10-8-17/h3-10,18,26H,11-15H2,1-2H3/t18-/m1/s1. The van der Waals surface area contributed by atoms with E-state index < -0.39 is 0 Å². The van der Waals surface area contributed by atoms with Gasteiger partial charge in [-0.15, -0.1) is 0 Å². The van der Waals surface area contributed by atoms with Gasteiger partial charge in [-0.1, -0.05) is 30.3 Å². The molecule has 2 aromatic carbocycles. The van der Waals surface area contributed by atoms with Gasteiger partial charge >= 0.3 is 0 Å². The third-order valence-corrected chi connectivity index (χ3v) is 5.67. The van der Waals surface area contributed by atoms with E-state index in [4.69, 9.17) is 9.73 Å². The van der Waals surface area contributed by atoms with Crippen molar-refractivity contribution in [2.45, 2.75) is 38.5 Å². The molecule has 0 unspecified atom stereocenters. The van der Waals surface area contributed by atoms with Gasteiger partial charge in [0.15, 0.2) is 0 Å². The van der Waals surface area contributed by atoms with Crippen LogP contribution in [-0.2, 0) is 11.2 Å². The number of Topliss-reactive ketones (excluding diaryl/α,β-unsaturated/α-hetero) is 1. The molecule has 0 saturated heterocycles. The van der Waals surface area contributed by atoms with Gasteiger partial charge in [-0.2, -0.15) is 0 Å². The number of hydrogen-bond donors (Lipinski definition) is 1. The number of aromatic amines is 1. The van der Waals surface area contributed by atoms with Crippen molar-refractivity contribution in [1.29, 1.82) is 0 Å². The summed E-state index contributed by atoms with van der Waals surface area (Å²) >= 11 is 0. The summed E-state index contributed by atoms with van der Waals surface area (Å²) in [6.07, 6.45) is 2.86. The van der Waals surface area contributed by atoms with Crippen molar-refractivity contribution >= 4 is 22.4 Å². The highest BCUT2D eigenvalue weighted by molar-refractivity contribution is 6.05. The van der Waals surface area contributed by atoms with Gasteiger partial charge in [0.25, 0.3) is 0 Å². The van der Waals surface area contributed by atoms with E-state index in [-0.39, 0.29) is 11.7 Å². The Kier molecular flexibility index (Phi) is 5.29. The molecule has 1 fully saturated rings. The number of ether oxygens (including phenoxy) is 1. The average molecular weight is 374 g/mol. The Bertz CT molecular complexity index is 1010. The summed E-state index contributed by atoms with van der Waals surface area (Å²) in [7, 11) is 1.67. The van der Waals surface area contributed by atoms with Crippen LogP contribution in [0, 0.1) is 6.92 Å². The molecule has 0 amide bonds. The summed E-state index contributed by atoms with van der Waals surface area (Å²) in [6.45, 7) is 2.84. The number of H-pyrrole nitrogens is 1. The minimum absolute atomic E-state index is 0.223. The maximum atomic E-state index is 12.3. The van der Waals surface area contributed by atoms with Crippen LogP contribution in [0.4, 0.5) is 0 Å². The van der Waals surface area contributed by atoms with E-state index >= 15 is 0 Å². The topological polar surface area (TPSA) is 54.4 Å². The number of aryl methyl sites for hydroxylation is 1. The number of carbonyl (C=O) groups is 1. The molecule has 0 bridgehead atoms. The lowest BCUT2D eigenvalue weighted by Gasteiger charge is -2.23. The molecule has 1 saturated carbocycles. The van der Waals surface area contributed by atoms with E-state index in [1.54, 1.807) is 7.11 Å². The molecule has 0 spiro atoms. The first kappa shape index (κ1) is 18.5. The Labute approximate surface area is 165 Å². The third-order valence-electron chi connectivity index (χ3n) is 5.67. The highest BCUT2D eigenvalue weighted by Gasteiger charge is 2.25. The second kappa shape index (κ2) is 8.01. The van der Waals surface area contributed by atoms with Crippen LogP contribution < -0.4 is 4.74 Å². The molecule has 3 aromatic rings. The lowest BCUT2D eigenvalue weighted by atomic mass is 9.82. The Morgan fingerprint density at radius 2 is 1.89 bits per heavy atom. The first-order valence-corrected chi connectivity index (χ1v) is 9.88. The number of fused-ring (bicyclic) bond motifs is 1. The fourth-order valence-corrected chi connectivity index (χ4v) is 4.22. The molecule has 0 radical (unpaired) electrons. The number of carbonyl (C=O) groups excluding carboxylic acids is 1. The number of aromatic nitrogens is 1. The fraction of sp³-hybridized carbons (Fsp3) is 0.333. The van der Waals surface area contributed by atoms with Gasteiger partial charge in [0.2, 0.25) is 0 Å². The molecule has 4 nitrogen and oxygen atoms in total. The Morgan fingerprint density at radius 3 is 2.68 bits per heavy atom. The van der Waals surface area contributed by atoms with Gasteiger partial charge in [0.1, 0.15) is 11.5 Å². The van der Waals surface area contributed by atoms with Crippen LogP contribution in [0.5, 0.6) is 5.75 Å². The maximum absolute atomic E-state index is 12.3. The number of aliphatic imine (C=N–C) groups is 1. The number of nitrogens with zero attached hydrogens (tertiary/aromatic N) is 1. The first-order valence-electron chi connectivity index (χ1n) is 9.88. The zero-order valence-corrected chi connectivity index (χ0v) is 16.5. The zero-order chi connectivity index (χ0) is 19.5. The number of benzene rings is 2. The first-order chi connectivity index (χ1) is 13.6. The molecule has 1 heterocycles. The summed E-state index contributed by atoms with van der Waals surface area (Å²) in [6, 6.07) is 16.4. The van der Waals surface area contributed by atoms with Gasteiger partial charge in [-0.3, -0.25) is 9.79 Å². The lowest BCUT2D eigenvalue weighted by molar-refractivity contribution is -0.118. The van der Waals surface area contributed by atoms with Crippen molar-refractivity contribution in [2.75, 3.05) is 13.7 Å². The second-order valence-electron chi connectivity index (χ2n) is 7.57. The number of rotatable bonds is 5. The molecule has 1 aliphatic rings. The van der Waals surface area contributed by atoms with Crippen molar-refractivity contribution in [3.8, 4) is 5.75 Å². The smallest absolute Gasteiger partial charge is 0.139 e. The summed E-state index contributed by atoms with van der Waals surface area (Å²) in [5.41, 5.74) is 5.93. The monoisotopic (exact) mass is 374 g/mol. The number of hydrogen-bond acceptors (Lipinski definition) is 3. The third kappa shape index (κ3) is 3.86. The molecule has 1 atom stereocenters. The van der Waals surface area contributed by atoms with Crippen LogP contribution in [-0.4, -0.2) is 30.1 Å². The van der Waals surface area contributed by atoms with Crippen molar-refractivity contribution in [2.24, 2.45) is 4.99 Å². The highest BCUT2D eigenvalue weighted by atomic mass is 16.5. The predicted molar refractivity (Wildman–Crippen MR) is 114 cm³/mol. The number of methoxy groups -OCH3 is 1. The molecule has 1 aliphatic carbocycles. The molecule has 1 aromatic heterocycles. The van der Waals surface area contributed by atoms with Crippen molar-refractivity contribution in [3.05, 3.63) is 65.4 Å². The Hall–Kier alpha value is -2.88. The van der Waals surface area contributed by atoms with E-state index in [0.29, 0.717) is 12.8 Å². The van der Waals surface area contributed by atoms with E-state index in [1.807, 2.05) is 12.1 Å². The van der Waals surface area contributed by atoms with Crippen molar-refractivity contribution in [1.82, 2.24) is 4.98 Å². The fourth-order valence-electron chi connectivity index (χ4n) is 4.22. The van der Waals surface area contributed by atoms with Gasteiger partial charge in [-0.25, -0.2) is 0 Å². The van der Waals surface area contributed by atoms with Gasteiger partial charge in [0, 0.05) is 41.7 Å². The molecule has 4 heteroatoms. The maximum Gasteiger partial charge on any atom is 0.139 e. The van der Waals surface area contributed by atoms with Crippen LogP contribution in [0.1, 0.15) is 42.0 Å². The van der Waals surface area contributed by atoms with Gasteiger partial charge in [-0.05, 0) is 55.0 Å². The lowest BCUT2D eigenvalue weighted by Crippen LogP contribution is -2.22. The van der Waals surface area contributed by atoms with E-state index in [2.05, 4.69) is 48.3 Å². The molecule has 0 aliphatic heterocycles. The van der Waals surface area contributed by atoms with Crippen molar-refractivity contribution in [3.63, 3.8) is 0 Å². The van der Waals surface area contributed by atoms with Gasteiger partial charge in [0.05, 0.1) is 7.11 Å². The molecule has 4 rings (SSSR count). The summed E-state index contributed by atoms with van der Waals surface area (Å²) in [4.78, 5) is 20.6. The molecular formula is C24H26N2O2. The zero-order valence-electron chi connectivity index (χ0n) is 16.5. The SMILES string of the molecule is COc1ccc([C@H]2CC(=O)CC(=NCCc3c(C)[nH]c4ccccc34)C2)cc1. The number of para-hydroxylation sites is 1. The van der Waals surface area contributed by atoms with E-state index in [1.165, 1.54) is 27.7 Å².